The Morgan fingerprint density at radius 1 is 0.875 bits per heavy atom. The third-order valence-corrected chi connectivity index (χ3v) is 7.06. The number of amidine groups is 1. The van der Waals surface area contributed by atoms with Gasteiger partial charge in [0.1, 0.15) is 6.04 Å². The number of hydrogen-bond donors (Lipinski definition) is 3. The predicted molar refractivity (Wildman–Crippen MR) is 159 cm³/mol. The number of methoxy groups -OCH3 is 3. The van der Waals surface area contributed by atoms with Crippen LogP contribution in [0, 0.1) is 6.92 Å². The van der Waals surface area contributed by atoms with E-state index in [1.54, 1.807) is 12.1 Å². The predicted octanol–water partition coefficient (Wildman–Crippen LogP) is 5.31. The summed E-state index contributed by atoms with van der Waals surface area (Å²) in [7, 11) is 4.59. The van der Waals surface area contributed by atoms with E-state index in [-0.39, 0.29) is 17.6 Å². The zero-order valence-electron chi connectivity index (χ0n) is 23.0. The second-order valence-corrected chi connectivity index (χ2v) is 9.95. The number of allylic oxidation sites excluding steroid dienone is 1. The molecule has 0 bridgehead atoms. The van der Waals surface area contributed by atoms with Crippen LogP contribution in [0.2, 0.25) is 0 Å². The Kier molecular flexibility index (Phi) is 9.34. The molecule has 9 nitrogen and oxygen atoms in total. The maximum absolute atomic E-state index is 13.6. The van der Waals surface area contributed by atoms with Gasteiger partial charge in [-0.15, -0.1) is 0 Å². The summed E-state index contributed by atoms with van der Waals surface area (Å²) in [5.41, 5.74) is 4.20. The molecule has 1 aliphatic rings. The van der Waals surface area contributed by atoms with Crippen LogP contribution in [0.3, 0.4) is 0 Å². The van der Waals surface area contributed by atoms with Crippen molar-refractivity contribution in [1.82, 2.24) is 5.32 Å². The van der Waals surface area contributed by atoms with Gasteiger partial charge in [0.15, 0.2) is 16.7 Å². The van der Waals surface area contributed by atoms with Gasteiger partial charge in [-0.1, -0.05) is 47.7 Å². The summed E-state index contributed by atoms with van der Waals surface area (Å²) in [5.74, 6) is 0.970. The zero-order valence-corrected chi connectivity index (χ0v) is 23.8. The molecule has 40 heavy (non-hydrogen) atoms. The number of thioether (sulfide) groups is 1. The summed E-state index contributed by atoms with van der Waals surface area (Å²) in [6.45, 7) is 3.80. The zero-order chi connectivity index (χ0) is 28.6. The van der Waals surface area contributed by atoms with Crippen molar-refractivity contribution < 1.29 is 23.8 Å². The lowest BCUT2D eigenvalue weighted by Crippen LogP contribution is -2.32. The van der Waals surface area contributed by atoms with Crippen molar-refractivity contribution in [3.63, 3.8) is 0 Å². The number of carbonyl (C=O) groups is 2. The highest BCUT2D eigenvalue weighted by atomic mass is 32.2. The van der Waals surface area contributed by atoms with Crippen LogP contribution in [-0.2, 0) is 9.59 Å². The first-order chi connectivity index (χ1) is 19.3. The molecule has 0 saturated heterocycles. The van der Waals surface area contributed by atoms with Gasteiger partial charge in [0.2, 0.25) is 11.7 Å². The maximum Gasteiger partial charge on any atom is 0.255 e. The van der Waals surface area contributed by atoms with Crippen molar-refractivity contribution in [3.8, 4) is 17.2 Å². The highest BCUT2D eigenvalue weighted by Gasteiger charge is 2.31. The van der Waals surface area contributed by atoms with Crippen LogP contribution in [0.1, 0.15) is 24.1 Å². The van der Waals surface area contributed by atoms with E-state index in [2.05, 4.69) is 16.0 Å². The van der Waals surface area contributed by atoms with Crippen LogP contribution < -0.4 is 30.2 Å². The SMILES string of the molecule is COc1cc([C@@H]2N=C(SCC(=O)Nc3ccc(C)cc3)NC(C)=C2C(=O)Nc2ccccc2)cc(OC)c1OC. The van der Waals surface area contributed by atoms with Crippen LogP contribution in [0.5, 0.6) is 17.2 Å². The molecule has 4 rings (SSSR count). The minimum atomic E-state index is -0.707. The van der Waals surface area contributed by atoms with E-state index >= 15 is 0 Å². The highest BCUT2D eigenvalue weighted by molar-refractivity contribution is 8.14. The lowest BCUT2D eigenvalue weighted by molar-refractivity contribution is -0.114. The third kappa shape index (κ3) is 6.76. The minimum absolute atomic E-state index is 0.126. The van der Waals surface area contributed by atoms with Crippen LogP contribution >= 0.6 is 11.8 Å². The number of aliphatic imine (C=N–C) groups is 1. The Morgan fingerprint density at radius 3 is 2.10 bits per heavy atom. The average Bonchev–Trinajstić information content (AvgIpc) is 2.96. The van der Waals surface area contributed by atoms with E-state index in [1.165, 1.54) is 33.1 Å². The molecular formula is C30H32N4O5S. The molecule has 1 aliphatic heterocycles. The van der Waals surface area contributed by atoms with E-state index in [0.29, 0.717) is 44.9 Å². The summed E-state index contributed by atoms with van der Waals surface area (Å²) >= 11 is 1.25. The quantitative estimate of drug-likeness (QED) is 0.326. The molecule has 0 saturated carbocycles. The number of aryl methyl sites for hydroxylation is 1. The molecule has 0 unspecified atom stereocenters. The number of amides is 2. The number of anilines is 2. The van der Waals surface area contributed by atoms with Gasteiger partial charge in [-0.2, -0.15) is 0 Å². The van der Waals surface area contributed by atoms with Crippen LogP contribution in [-0.4, -0.2) is 44.1 Å². The highest BCUT2D eigenvalue weighted by Crippen LogP contribution is 2.43. The molecule has 3 aromatic carbocycles. The molecule has 10 heteroatoms. The van der Waals surface area contributed by atoms with E-state index in [4.69, 9.17) is 19.2 Å². The second-order valence-electron chi connectivity index (χ2n) is 8.98. The van der Waals surface area contributed by atoms with Crippen LogP contribution in [0.25, 0.3) is 0 Å². The molecule has 2 amide bonds. The number of carbonyl (C=O) groups excluding carboxylic acids is 2. The molecular weight excluding hydrogens is 528 g/mol. The van der Waals surface area contributed by atoms with Gasteiger partial charge in [0, 0.05) is 17.1 Å². The Morgan fingerprint density at radius 2 is 1.50 bits per heavy atom. The van der Waals surface area contributed by atoms with Gasteiger partial charge in [-0.05, 0) is 55.8 Å². The summed E-state index contributed by atoms with van der Waals surface area (Å²) in [4.78, 5) is 31.1. The van der Waals surface area contributed by atoms with Crippen molar-refractivity contribution >= 4 is 40.1 Å². The molecule has 0 spiro atoms. The number of ether oxygens (including phenoxy) is 3. The van der Waals surface area contributed by atoms with Gasteiger partial charge in [0.05, 0.1) is 32.7 Å². The van der Waals surface area contributed by atoms with Crippen molar-refractivity contribution in [3.05, 3.63) is 89.1 Å². The van der Waals surface area contributed by atoms with Gasteiger partial charge in [-0.25, -0.2) is 4.99 Å². The number of nitrogens with one attached hydrogen (secondary N) is 3. The number of rotatable bonds is 9. The Labute approximate surface area is 238 Å². The Hall–Kier alpha value is -4.44. The molecule has 208 valence electrons. The molecule has 0 radical (unpaired) electrons. The minimum Gasteiger partial charge on any atom is -0.493 e. The Balaban J connectivity index is 1.64. The molecule has 3 N–H and O–H groups in total. The lowest BCUT2D eigenvalue weighted by atomic mass is 9.95. The molecule has 0 fully saturated rings. The van der Waals surface area contributed by atoms with Crippen LogP contribution in [0.4, 0.5) is 11.4 Å². The largest absolute Gasteiger partial charge is 0.493 e. The second kappa shape index (κ2) is 13.1. The van der Waals surface area contributed by atoms with Gasteiger partial charge in [-0.3, -0.25) is 9.59 Å². The average molecular weight is 561 g/mol. The van der Waals surface area contributed by atoms with Gasteiger partial charge >= 0.3 is 0 Å². The molecule has 1 heterocycles. The van der Waals surface area contributed by atoms with Gasteiger partial charge < -0.3 is 30.2 Å². The molecule has 0 aliphatic carbocycles. The summed E-state index contributed by atoms with van der Waals surface area (Å²) < 4.78 is 16.6. The normalized spacial score (nSPS) is 14.5. The standard InChI is InChI=1S/C30H32N4O5S/c1-18-11-13-22(14-12-18)32-25(35)17-40-30-31-19(2)26(29(36)33-21-9-7-6-8-10-21)27(34-30)20-15-23(37-3)28(39-5)24(16-20)38-4/h6-16,27H,17H2,1-5H3,(H,31,34)(H,32,35)(H,33,36)/t27-/m0/s1. The summed E-state index contributed by atoms with van der Waals surface area (Å²) in [5, 5.41) is 9.56. The maximum atomic E-state index is 13.6. The van der Waals surface area contributed by atoms with Gasteiger partial charge in [0.25, 0.3) is 5.91 Å². The summed E-state index contributed by atoms with van der Waals surface area (Å²) in [6, 6.07) is 19.6. The fourth-order valence-electron chi connectivity index (χ4n) is 4.20. The fraction of sp³-hybridized carbons (Fsp3) is 0.233. The van der Waals surface area contributed by atoms with Crippen molar-refractivity contribution in [2.75, 3.05) is 37.7 Å². The number of benzene rings is 3. The van der Waals surface area contributed by atoms with Crippen LogP contribution in [0.15, 0.2) is 83.0 Å². The first-order valence-corrected chi connectivity index (χ1v) is 13.5. The lowest BCUT2D eigenvalue weighted by Gasteiger charge is -2.27. The number of para-hydroxylation sites is 1. The monoisotopic (exact) mass is 560 g/mol. The van der Waals surface area contributed by atoms with E-state index in [1.807, 2.05) is 68.4 Å². The molecule has 3 aromatic rings. The molecule has 0 aromatic heterocycles. The van der Waals surface area contributed by atoms with Crippen molar-refractivity contribution in [1.29, 1.82) is 0 Å². The smallest absolute Gasteiger partial charge is 0.255 e. The third-order valence-electron chi connectivity index (χ3n) is 6.17. The number of hydrogen-bond acceptors (Lipinski definition) is 8. The van der Waals surface area contributed by atoms with Crippen molar-refractivity contribution in [2.45, 2.75) is 19.9 Å². The van der Waals surface area contributed by atoms with E-state index in [9.17, 15) is 9.59 Å². The van der Waals surface area contributed by atoms with Crippen molar-refractivity contribution in [2.24, 2.45) is 4.99 Å². The van der Waals surface area contributed by atoms with E-state index < -0.39 is 6.04 Å². The van der Waals surface area contributed by atoms with E-state index in [0.717, 1.165) is 11.3 Å². The molecule has 1 atom stereocenters. The Bertz CT molecular complexity index is 1410. The summed E-state index contributed by atoms with van der Waals surface area (Å²) in [6.07, 6.45) is 0. The topological polar surface area (TPSA) is 110 Å². The number of nitrogens with zero attached hydrogens (tertiary/aromatic N) is 1. The fourth-order valence-corrected chi connectivity index (χ4v) is 4.95. The first-order valence-electron chi connectivity index (χ1n) is 12.5. The first kappa shape index (κ1) is 28.6.